The minimum atomic E-state index is -3.56. The summed E-state index contributed by atoms with van der Waals surface area (Å²) in [6.45, 7) is 4.45. The molecule has 1 amide bonds. The van der Waals surface area contributed by atoms with E-state index in [1.54, 1.807) is 30.7 Å². The van der Waals surface area contributed by atoms with E-state index in [1.165, 1.54) is 4.31 Å². The van der Waals surface area contributed by atoms with E-state index in [4.69, 9.17) is 0 Å². The summed E-state index contributed by atoms with van der Waals surface area (Å²) in [6.07, 6.45) is 4.05. The van der Waals surface area contributed by atoms with E-state index in [2.05, 4.69) is 20.3 Å². The van der Waals surface area contributed by atoms with Crippen LogP contribution in [0.3, 0.4) is 0 Å². The molecule has 2 heterocycles. The second kappa shape index (κ2) is 9.78. The highest BCUT2D eigenvalue weighted by molar-refractivity contribution is 7.89. The van der Waals surface area contributed by atoms with Crippen LogP contribution in [0.2, 0.25) is 0 Å². The molecule has 0 aliphatic heterocycles. The SMILES string of the molecule is CCN(CC)S(=O)(=O)c1ccc2c(c1)nc(CCC(=O)Nc1ccc(-c3cnc[nH]3)cc1)n2C. The van der Waals surface area contributed by atoms with Crippen LogP contribution in [-0.2, 0) is 28.3 Å². The fourth-order valence-corrected chi connectivity index (χ4v) is 5.40. The first-order valence-corrected chi connectivity index (χ1v) is 12.6. The molecule has 0 aliphatic carbocycles. The normalized spacial score (nSPS) is 11.9. The number of imidazole rings is 2. The van der Waals surface area contributed by atoms with Gasteiger partial charge in [0, 0.05) is 38.7 Å². The summed E-state index contributed by atoms with van der Waals surface area (Å²) in [6, 6.07) is 12.5. The van der Waals surface area contributed by atoms with Gasteiger partial charge in [-0.05, 0) is 35.9 Å². The Morgan fingerprint density at radius 1 is 1.12 bits per heavy atom. The summed E-state index contributed by atoms with van der Waals surface area (Å²) in [5.41, 5.74) is 4.03. The molecule has 178 valence electrons. The number of rotatable bonds is 9. The van der Waals surface area contributed by atoms with E-state index in [1.807, 2.05) is 49.7 Å². The number of benzene rings is 2. The minimum Gasteiger partial charge on any atom is -0.345 e. The fraction of sp³-hybridized carbons (Fsp3) is 0.292. The summed E-state index contributed by atoms with van der Waals surface area (Å²) in [4.78, 5) is 24.4. The first-order chi connectivity index (χ1) is 16.3. The Morgan fingerprint density at radius 2 is 1.85 bits per heavy atom. The first-order valence-electron chi connectivity index (χ1n) is 11.2. The van der Waals surface area contributed by atoms with Crippen molar-refractivity contribution in [3.05, 3.63) is 60.8 Å². The molecule has 0 saturated heterocycles. The van der Waals surface area contributed by atoms with Crippen molar-refractivity contribution in [2.24, 2.45) is 7.05 Å². The number of carbonyl (C=O) groups is 1. The number of sulfonamides is 1. The molecule has 0 saturated carbocycles. The summed E-state index contributed by atoms with van der Waals surface area (Å²) in [7, 11) is -1.69. The third kappa shape index (κ3) is 4.73. The number of H-pyrrole nitrogens is 1. The second-order valence-electron chi connectivity index (χ2n) is 7.92. The van der Waals surface area contributed by atoms with Crippen LogP contribution in [0.15, 0.2) is 59.9 Å². The molecule has 0 atom stereocenters. The van der Waals surface area contributed by atoms with Crippen molar-refractivity contribution < 1.29 is 13.2 Å². The second-order valence-corrected chi connectivity index (χ2v) is 9.86. The zero-order chi connectivity index (χ0) is 24.3. The summed E-state index contributed by atoms with van der Waals surface area (Å²) < 4.78 is 29.0. The number of aromatic amines is 1. The molecule has 9 nitrogen and oxygen atoms in total. The molecule has 4 aromatic rings. The van der Waals surface area contributed by atoms with Crippen LogP contribution in [0.4, 0.5) is 5.69 Å². The molecule has 0 radical (unpaired) electrons. The van der Waals surface area contributed by atoms with Crippen LogP contribution in [0, 0.1) is 0 Å². The Balaban J connectivity index is 1.44. The van der Waals surface area contributed by atoms with E-state index in [0.29, 0.717) is 30.7 Å². The maximum Gasteiger partial charge on any atom is 0.243 e. The summed E-state index contributed by atoms with van der Waals surface area (Å²) in [5, 5.41) is 2.91. The van der Waals surface area contributed by atoms with Crippen LogP contribution in [0.1, 0.15) is 26.1 Å². The Morgan fingerprint density at radius 3 is 2.50 bits per heavy atom. The zero-order valence-corrected chi connectivity index (χ0v) is 20.3. The molecule has 4 rings (SSSR count). The van der Waals surface area contributed by atoms with Crippen molar-refractivity contribution in [3.63, 3.8) is 0 Å². The van der Waals surface area contributed by atoms with Crippen molar-refractivity contribution in [2.75, 3.05) is 18.4 Å². The Bertz CT molecular complexity index is 1390. The molecule has 10 heteroatoms. The number of aromatic nitrogens is 4. The van der Waals surface area contributed by atoms with Crippen LogP contribution >= 0.6 is 0 Å². The summed E-state index contributed by atoms with van der Waals surface area (Å²) in [5.74, 6) is 0.600. The van der Waals surface area contributed by atoms with Gasteiger partial charge in [0.1, 0.15) is 5.82 Å². The molecule has 2 aromatic carbocycles. The zero-order valence-electron chi connectivity index (χ0n) is 19.4. The number of anilines is 1. The standard InChI is InChI=1S/C24H28N6O3S/c1-4-30(5-2)34(32,33)19-10-11-22-20(14-19)28-23(29(22)3)12-13-24(31)27-18-8-6-17(7-9-18)21-15-25-16-26-21/h6-11,14-16H,4-5,12-13H2,1-3H3,(H,25,26)(H,27,31). The van der Waals surface area contributed by atoms with Crippen molar-refractivity contribution in [1.82, 2.24) is 23.8 Å². The average molecular weight is 481 g/mol. The number of hydrogen-bond acceptors (Lipinski definition) is 5. The Kier molecular flexibility index (Phi) is 6.80. The lowest BCUT2D eigenvalue weighted by Gasteiger charge is -2.18. The van der Waals surface area contributed by atoms with Gasteiger partial charge in [-0.3, -0.25) is 4.79 Å². The third-order valence-corrected chi connectivity index (χ3v) is 7.89. The molecule has 0 aliphatic rings. The monoisotopic (exact) mass is 480 g/mol. The van der Waals surface area contributed by atoms with Crippen molar-refractivity contribution in [3.8, 4) is 11.3 Å². The first kappa shape index (κ1) is 23.7. The topological polar surface area (TPSA) is 113 Å². The van der Waals surface area contributed by atoms with Crippen molar-refractivity contribution >= 4 is 32.7 Å². The van der Waals surface area contributed by atoms with E-state index < -0.39 is 10.0 Å². The molecular formula is C24H28N6O3S. The molecule has 0 bridgehead atoms. The predicted molar refractivity (Wildman–Crippen MR) is 132 cm³/mol. The van der Waals surface area contributed by atoms with Gasteiger partial charge in [0.05, 0.1) is 34.1 Å². The van der Waals surface area contributed by atoms with Gasteiger partial charge in [-0.25, -0.2) is 18.4 Å². The fourth-order valence-electron chi connectivity index (χ4n) is 3.92. The van der Waals surface area contributed by atoms with E-state index in [0.717, 1.165) is 22.6 Å². The van der Waals surface area contributed by atoms with E-state index in [-0.39, 0.29) is 17.2 Å². The quantitative estimate of drug-likeness (QED) is 0.380. The third-order valence-electron chi connectivity index (χ3n) is 5.84. The minimum absolute atomic E-state index is 0.119. The average Bonchev–Trinajstić information content (AvgIpc) is 3.47. The number of amides is 1. The molecular weight excluding hydrogens is 452 g/mol. The number of nitrogens with one attached hydrogen (secondary N) is 2. The Labute approximate surface area is 198 Å². The van der Waals surface area contributed by atoms with Crippen LogP contribution in [0.5, 0.6) is 0 Å². The lowest BCUT2D eigenvalue weighted by molar-refractivity contribution is -0.116. The van der Waals surface area contributed by atoms with Crippen molar-refractivity contribution in [2.45, 2.75) is 31.6 Å². The highest BCUT2D eigenvalue weighted by Crippen LogP contribution is 2.23. The number of aryl methyl sites for hydroxylation is 2. The van der Waals surface area contributed by atoms with Gasteiger partial charge in [-0.15, -0.1) is 0 Å². The van der Waals surface area contributed by atoms with E-state index >= 15 is 0 Å². The molecule has 0 spiro atoms. The molecule has 2 aromatic heterocycles. The summed E-state index contributed by atoms with van der Waals surface area (Å²) >= 11 is 0. The lowest BCUT2D eigenvalue weighted by atomic mass is 10.1. The number of hydrogen-bond donors (Lipinski definition) is 2. The maximum atomic E-state index is 12.8. The van der Waals surface area contributed by atoms with Crippen LogP contribution in [-0.4, -0.2) is 51.2 Å². The number of nitrogens with zero attached hydrogens (tertiary/aromatic N) is 4. The van der Waals surface area contributed by atoms with Gasteiger partial charge >= 0.3 is 0 Å². The molecule has 2 N–H and O–H groups in total. The highest BCUT2D eigenvalue weighted by Gasteiger charge is 2.22. The smallest absolute Gasteiger partial charge is 0.243 e. The van der Waals surface area contributed by atoms with Gasteiger partial charge in [-0.2, -0.15) is 4.31 Å². The predicted octanol–water partition coefficient (Wildman–Crippen LogP) is 3.57. The number of carbonyl (C=O) groups excluding carboxylic acids is 1. The number of fused-ring (bicyclic) bond motifs is 1. The van der Waals surface area contributed by atoms with Gasteiger partial charge in [-0.1, -0.05) is 26.0 Å². The van der Waals surface area contributed by atoms with E-state index in [9.17, 15) is 13.2 Å². The lowest BCUT2D eigenvalue weighted by Crippen LogP contribution is -2.30. The van der Waals surface area contributed by atoms with Crippen molar-refractivity contribution in [1.29, 1.82) is 0 Å². The highest BCUT2D eigenvalue weighted by atomic mass is 32.2. The molecule has 0 fully saturated rings. The Hall–Kier alpha value is -3.50. The van der Waals surface area contributed by atoms with Gasteiger partial charge in [0.25, 0.3) is 0 Å². The maximum absolute atomic E-state index is 12.8. The van der Waals surface area contributed by atoms with Crippen LogP contribution in [0.25, 0.3) is 22.3 Å². The van der Waals surface area contributed by atoms with Gasteiger partial charge in [0.15, 0.2) is 0 Å². The molecule has 34 heavy (non-hydrogen) atoms. The van der Waals surface area contributed by atoms with Crippen LogP contribution < -0.4 is 5.32 Å². The van der Waals surface area contributed by atoms with Gasteiger partial charge < -0.3 is 14.9 Å². The van der Waals surface area contributed by atoms with Gasteiger partial charge in [0.2, 0.25) is 15.9 Å². The molecule has 0 unspecified atom stereocenters. The largest absolute Gasteiger partial charge is 0.345 e.